The third kappa shape index (κ3) is 2.73. The first kappa shape index (κ1) is 14.3. The maximum Gasteiger partial charge on any atom is 0.0622 e. The van der Waals surface area contributed by atoms with Crippen LogP contribution in [0.25, 0.3) is 0 Å². The molecule has 106 valence electrons. The fraction of sp³-hybridized carbons (Fsp3) is 1.00. The van der Waals surface area contributed by atoms with Crippen LogP contribution in [0.1, 0.15) is 46.0 Å². The summed E-state index contributed by atoms with van der Waals surface area (Å²) < 4.78 is 5.54. The van der Waals surface area contributed by atoms with Gasteiger partial charge in [-0.25, -0.2) is 0 Å². The van der Waals surface area contributed by atoms with Crippen LogP contribution in [0.3, 0.4) is 0 Å². The Morgan fingerprint density at radius 3 is 2.39 bits per heavy atom. The van der Waals surface area contributed by atoms with Crippen molar-refractivity contribution in [2.75, 3.05) is 26.8 Å². The van der Waals surface area contributed by atoms with Gasteiger partial charge < -0.3 is 10.5 Å². The Morgan fingerprint density at radius 2 is 1.94 bits per heavy atom. The van der Waals surface area contributed by atoms with Crippen LogP contribution in [-0.2, 0) is 4.74 Å². The summed E-state index contributed by atoms with van der Waals surface area (Å²) in [5, 5.41) is 0. The summed E-state index contributed by atoms with van der Waals surface area (Å²) >= 11 is 0. The van der Waals surface area contributed by atoms with E-state index in [2.05, 4.69) is 25.8 Å². The van der Waals surface area contributed by atoms with Gasteiger partial charge in [-0.2, -0.15) is 0 Å². The van der Waals surface area contributed by atoms with Gasteiger partial charge in [-0.15, -0.1) is 0 Å². The molecule has 0 aromatic rings. The van der Waals surface area contributed by atoms with Gasteiger partial charge in [0, 0.05) is 24.7 Å². The SMILES string of the molecule is CC(C)C1CCC(CN)(N(C)C2CCOC2)CC1. The van der Waals surface area contributed by atoms with Gasteiger partial charge in [0.05, 0.1) is 6.61 Å². The zero-order chi connectivity index (χ0) is 13.2. The van der Waals surface area contributed by atoms with Crippen LogP contribution >= 0.6 is 0 Å². The lowest BCUT2D eigenvalue weighted by molar-refractivity contribution is 0.0195. The van der Waals surface area contributed by atoms with E-state index in [-0.39, 0.29) is 5.54 Å². The maximum atomic E-state index is 6.15. The lowest BCUT2D eigenvalue weighted by atomic mass is 9.71. The van der Waals surface area contributed by atoms with Gasteiger partial charge in [0.2, 0.25) is 0 Å². The quantitative estimate of drug-likeness (QED) is 0.836. The van der Waals surface area contributed by atoms with E-state index in [0.717, 1.165) is 31.6 Å². The molecule has 2 fully saturated rings. The zero-order valence-corrected chi connectivity index (χ0v) is 12.3. The molecule has 1 saturated heterocycles. The topological polar surface area (TPSA) is 38.5 Å². The molecule has 2 rings (SSSR count). The smallest absolute Gasteiger partial charge is 0.0622 e. The summed E-state index contributed by atoms with van der Waals surface area (Å²) in [7, 11) is 2.27. The summed E-state index contributed by atoms with van der Waals surface area (Å²) in [4.78, 5) is 2.55. The average molecular weight is 254 g/mol. The Labute approximate surface area is 112 Å². The second-order valence-electron chi connectivity index (χ2n) is 6.64. The summed E-state index contributed by atoms with van der Waals surface area (Å²) in [5.41, 5.74) is 6.39. The van der Waals surface area contributed by atoms with Crippen molar-refractivity contribution >= 4 is 0 Å². The minimum Gasteiger partial charge on any atom is -0.380 e. The Hall–Kier alpha value is -0.120. The van der Waals surface area contributed by atoms with E-state index in [1.54, 1.807) is 0 Å². The Balaban J connectivity index is 1.98. The van der Waals surface area contributed by atoms with Crippen LogP contribution in [0.2, 0.25) is 0 Å². The zero-order valence-electron chi connectivity index (χ0n) is 12.3. The lowest BCUT2D eigenvalue weighted by Gasteiger charge is -2.48. The van der Waals surface area contributed by atoms with Crippen LogP contribution < -0.4 is 5.73 Å². The number of nitrogens with two attached hydrogens (primary N) is 1. The maximum absolute atomic E-state index is 6.15. The van der Waals surface area contributed by atoms with Gasteiger partial charge >= 0.3 is 0 Å². The number of ether oxygens (including phenoxy) is 1. The van der Waals surface area contributed by atoms with E-state index < -0.39 is 0 Å². The molecule has 1 aliphatic heterocycles. The van der Waals surface area contributed by atoms with E-state index in [1.165, 1.54) is 32.1 Å². The fourth-order valence-corrected chi connectivity index (χ4v) is 3.76. The number of likely N-dealkylation sites (N-methyl/N-ethyl adjacent to an activating group) is 1. The third-order valence-corrected chi connectivity index (χ3v) is 5.49. The van der Waals surface area contributed by atoms with Crippen molar-refractivity contribution < 1.29 is 4.74 Å². The van der Waals surface area contributed by atoms with Crippen molar-refractivity contribution in [1.29, 1.82) is 0 Å². The van der Waals surface area contributed by atoms with Gasteiger partial charge in [-0.1, -0.05) is 13.8 Å². The normalized spacial score (nSPS) is 37.7. The van der Waals surface area contributed by atoms with Gasteiger partial charge in [0.1, 0.15) is 0 Å². The first-order valence-electron chi connectivity index (χ1n) is 7.60. The van der Waals surface area contributed by atoms with Crippen LogP contribution in [-0.4, -0.2) is 43.3 Å². The highest BCUT2D eigenvalue weighted by Crippen LogP contribution is 2.39. The van der Waals surface area contributed by atoms with E-state index in [0.29, 0.717) is 6.04 Å². The molecule has 1 heterocycles. The molecule has 0 aromatic heterocycles. The molecule has 1 atom stereocenters. The van der Waals surface area contributed by atoms with Crippen molar-refractivity contribution in [2.24, 2.45) is 17.6 Å². The summed E-state index contributed by atoms with van der Waals surface area (Å²) in [6.07, 6.45) is 6.38. The van der Waals surface area contributed by atoms with E-state index in [4.69, 9.17) is 10.5 Å². The van der Waals surface area contributed by atoms with Gasteiger partial charge in [0.15, 0.2) is 0 Å². The minimum absolute atomic E-state index is 0.240. The summed E-state index contributed by atoms with van der Waals surface area (Å²) in [6.45, 7) is 7.32. The van der Waals surface area contributed by atoms with E-state index >= 15 is 0 Å². The molecular formula is C15H30N2O. The van der Waals surface area contributed by atoms with Crippen LogP contribution in [0, 0.1) is 11.8 Å². The highest BCUT2D eigenvalue weighted by molar-refractivity contribution is 4.98. The van der Waals surface area contributed by atoms with Gasteiger partial charge in [-0.05, 0) is 51.0 Å². The molecule has 0 amide bonds. The van der Waals surface area contributed by atoms with Crippen LogP contribution in [0.4, 0.5) is 0 Å². The van der Waals surface area contributed by atoms with Crippen molar-refractivity contribution in [3.8, 4) is 0 Å². The van der Waals surface area contributed by atoms with Gasteiger partial charge in [0.25, 0.3) is 0 Å². The third-order valence-electron chi connectivity index (χ3n) is 5.49. The Kier molecular flexibility index (Phi) is 4.68. The first-order valence-corrected chi connectivity index (χ1v) is 7.60. The minimum atomic E-state index is 0.240. The molecule has 2 aliphatic rings. The molecule has 3 heteroatoms. The molecule has 0 aromatic carbocycles. The second kappa shape index (κ2) is 5.89. The highest BCUT2D eigenvalue weighted by atomic mass is 16.5. The average Bonchev–Trinajstić information content (AvgIpc) is 2.91. The number of nitrogens with zero attached hydrogens (tertiary/aromatic N) is 1. The van der Waals surface area contributed by atoms with Crippen LogP contribution in [0.15, 0.2) is 0 Å². The van der Waals surface area contributed by atoms with Crippen LogP contribution in [0.5, 0.6) is 0 Å². The monoisotopic (exact) mass is 254 g/mol. The van der Waals surface area contributed by atoms with E-state index in [9.17, 15) is 0 Å². The molecule has 1 aliphatic carbocycles. The number of hydrogen-bond donors (Lipinski definition) is 1. The number of hydrogen-bond acceptors (Lipinski definition) is 3. The van der Waals surface area contributed by atoms with Crippen molar-refractivity contribution in [1.82, 2.24) is 4.90 Å². The molecular weight excluding hydrogens is 224 g/mol. The van der Waals surface area contributed by atoms with Crippen molar-refractivity contribution in [3.63, 3.8) is 0 Å². The predicted octanol–water partition coefficient (Wildman–Crippen LogP) is 2.25. The molecule has 0 radical (unpaired) electrons. The molecule has 1 unspecified atom stereocenters. The standard InChI is InChI=1S/C15H30N2O/c1-12(2)13-4-7-15(11-16,8-5-13)17(3)14-6-9-18-10-14/h12-14H,4-11,16H2,1-3H3. The predicted molar refractivity (Wildman–Crippen MR) is 75.6 cm³/mol. The largest absolute Gasteiger partial charge is 0.380 e. The van der Waals surface area contributed by atoms with Gasteiger partial charge in [-0.3, -0.25) is 4.90 Å². The summed E-state index contributed by atoms with van der Waals surface area (Å²) in [5.74, 6) is 1.72. The number of rotatable bonds is 4. The molecule has 18 heavy (non-hydrogen) atoms. The molecule has 0 spiro atoms. The molecule has 3 nitrogen and oxygen atoms in total. The van der Waals surface area contributed by atoms with E-state index in [1.807, 2.05) is 0 Å². The highest BCUT2D eigenvalue weighted by Gasteiger charge is 2.41. The Bertz CT molecular complexity index is 253. The summed E-state index contributed by atoms with van der Waals surface area (Å²) in [6, 6.07) is 0.587. The van der Waals surface area contributed by atoms with Crippen molar-refractivity contribution in [2.45, 2.75) is 57.5 Å². The lowest BCUT2D eigenvalue weighted by Crippen LogP contribution is -2.58. The molecule has 1 saturated carbocycles. The van der Waals surface area contributed by atoms with Crippen molar-refractivity contribution in [3.05, 3.63) is 0 Å². The first-order chi connectivity index (χ1) is 8.59. The fourth-order valence-electron chi connectivity index (χ4n) is 3.76. The second-order valence-corrected chi connectivity index (χ2v) is 6.64. The molecule has 2 N–H and O–H groups in total. The molecule has 0 bridgehead atoms. The Morgan fingerprint density at radius 1 is 1.28 bits per heavy atom.